The Bertz CT molecular complexity index is 609. The molecule has 2 rings (SSSR count). The third-order valence-electron chi connectivity index (χ3n) is 3.70. The number of ether oxygens (including phenoxy) is 1. The van der Waals surface area contributed by atoms with Crippen molar-refractivity contribution in [3.8, 4) is 5.75 Å². The minimum atomic E-state index is 0.899. The summed E-state index contributed by atoms with van der Waals surface area (Å²) < 4.78 is 6.36. The number of allylic oxidation sites excluding steroid dienone is 2. The topological polar surface area (TPSA) is 9.23 Å². The number of rotatable bonds is 5. The summed E-state index contributed by atoms with van der Waals surface area (Å²) in [5, 5.41) is 0. The molecule has 0 aromatic heterocycles. The number of hydrogen-bond donors (Lipinski definition) is 0. The van der Waals surface area contributed by atoms with Crippen LogP contribution in [0, 0.1) is 0 Å². The first-order chi connectivity index (χ1) is 10.2. The summed E-state index contributed by atoms with van der Waals surface area (Å²) in [4.78, 5) is 0. The molecule has 0 aliphatic carbocycles. The largest absolute Gasteiger partial charge is 0.497 e. The first kappa shape index (κ1) is 15.8. The van der Waals surface area contributed by atoms with E-state index in [-0.39, 0.29) is 0 Å². The van der Waals surface area contributed by atoms with Gasteiger partial charge < -0.3 is 4.74 Å². The molecule has 0 aliphatic rings. The predicted molar refractivity (Wildman–Crippen MR) is 94.5 cm³/mol. The minimum absolute atomic E-state index is 0.899. The molecule has 110 valence electrons. The molecular weight excluding hydrogens is 324 g/mol. The SMILES string of the molecule is CC/C(=C(\CC)c1ccc(OC)cc1)c1ccc(Br)cc1. The number of hydrogen-bond acceptors (Lipinski definition) is 1. The number of halogens is 1. The second kappa shape index (κ2) is 7.46. The van der Waals surface area contributed by atoms with Crippen LogP contribution in [0.4, 0.5) is 0 Å². The Morgan fingerprint density at radius 3 is 1.62 bits per heavy atom. The normalized spacial score (nSPS) is 12.0. The molecule has 0 saturated carbocycles. The molecule has 0 unspecified atom stereocenters. The van der Waals surface area contributed by atoms with E-state index in [0.717, 1.165) is 23.1 Å². The van der Waals surface area contributed by atoms with Crippen LogP contribution in [0.1, 0.15) is 37.8 Å². The highest BCUT2D eigenvalue weighted by molar-refractivity contribution is 9.10. The molecule has 0 radical (unpaired) electrons. The third-order valence-corrected chi connectivity index (χ3v) is 4.23. The van der Waals surface area contributed by atoms with Crippen molar-refractivity contribution < 1.29 is 4.74 Å². The fourth-order valence-electron chi connectivity index (χ4n) is 2.63. The van der Waals surface area contributed by atoms with E-state index in [1.165, 1.54) is 22.3 Å². The van der Waals surface area contributed by atoms with Crippen LogP contribution in [-0.4, -0.2) is 7.11 Å². The zero-order valence-corrected chi connectivity index (χ0v) is 14.4. The Balaban J connectivity index is 2.49. The van der Waals surface area contributed by atoms with Gasteiger partial charge in [0, 0.05) is 4.47 Å². The highest BCUT2D eigenvalue weighted by atomic mass is 79.9. The average Bonchev–Trinajstić information content (AvgIpc) is 2.54. The summed E-state index contributed by atoms with van der Waals surface area (Å²) >= 11 is 3.50. The van der Waals surface area contributed by atoms with Gasteiger partial charge in [0.05, 0.1) is 7.11 Å². The summed E-state index contributed by atoms with van der Waals surface area (Å²) in [5.41, 5.74) is 5.39. The van der Waals surface area contributed by atoms with Crippen LogP contribution in [0.5, 0.6) is 5.75 Å². The van der Waals surface area contributed by atoms with Crippen molar-refractivity contribution in [2.24, 2.45) is 0 Å². The molecule has 0 atom stereocenters. The molecule has 0 saturated heterocycles. The molecule has 0 heterocycles. The summed E-state index contributed by atoms with van der Waals surface area (Å²) in [6, 6.07) is 16.9. The monoisotopic (exact) mass is 344 g/mol. The van der Waals surface area contributed by atoms with Gasteiger partial charge in [-0.25, -0.2) is 0 Å². The summed E-state index contributed by atoms with van der Waals surface area (Å²) in [5.74, 6) is 0.899. The van der Waals surface area contributed by atoms with Gasteiger partial charge in [-0.15, -0.1) is 0 Å². The molecule has 2 aromatic carbocycles. The predicted octanol–water partition coefficient (Wildman–Crippen LogP) is 6.19. The van der Waals surface area contributed by atoms with Crippen LogP contribution in [-0.2, 0) is 0 Å². The Hall–Kier alpha value is -1.54. The smallest absolute Gasteiger partial charge is 0.118 e. The van der Waals surface area contributed by atoms with E-state index in [1.807, 2.05) is 12.1 Å². The first-order valence-electron chi connectivity index (χ1n) is 7.32. The van der Waals surface area contributed by atoms with E-state index < -0.39 is 0 Å². The quantitative estimate of drug-likeness (QED) is 0.587. The van der Waals surface area contributed by atoms with Crippen LogP contribution in [0.25, 0.3) is 11.1 Å². The molecule has 0 amide bonds. The highest BCUT2D eigenvalue weighted by Crippen LogP contribution is 2.32. The second-order valence-electron chi connectivity index (χ2n) is 4.90. The van der Waals surface area contributed by atoms with E-state index in [4.69, 9.17) is 4.74 Å². The molecule has 2 heteroatoms. The van der Waals surface area contributed by atoms with Gasteiger partial charge >= 0.3 is 0 Å². The van der Waals surface area contributed by atoms with Crippen molar-refractivity contribution in [1.29, 1.82) is 0 Å². The zero-order chi connectivity index (χ0) is 15.2. The third kappa shape index (κ3) is 3.76. The zero-order valence-electron chi connectivity index (χ0n) is 12.8. The molecular formula is C19H21BrO. The lowest BCUT2D eigenvalue weighted by atomic mass is 9.91. The fraction of sp³-hybridized carbons (Fsp3) is 0.263. The van der Waals surface area contributed by atoms with Gasteiger partial charge in [0.1, 0.15) is 5.75 Å². The molecule has 0 aliphatic heterocycles. The molecule has 1 nitrogen and oxygen atoms in total. The van der Waals surface area contributed by atoms with Gasteiger partial charge in [-0.1, -0.05) is 54.0 Å². The molecule has 0 spiro atoms. The Kier molecular flexibility index (Phi) is 5.63. The number of methoxy groups -OCH3 is 1. The van der Waals surface area contributed by atoms with Crippen LogP contribution in [0.15, 0.2) is 53.0 Å². The standard InChI is InChI=1S/C19H21BrO/c1-4-18(14-6-10-16(20)11-7-14)19(5-2)15-8-12-17(21-3)13-9-15/h6-13H,4-5H2,1-3H3/b19-18-. The lowest BCUT2D eigenvalue weighted by Crippen LogP contribution is -1.92. The van der Waals surface area contributed by atoms with Crippen LogP contribution in [0.2, 0.25) is 0 Å². The summed E-state index contributed by atoms with van der Waals surface area (Å²) in [6.07, 6.45) is 2.04. The van der Waals surface area contributed by atoms with E-state index in [1.54, 1.807) is 7.11 Å². The Labute approximate surface area is 135 Å². The molecule has 0 fully saturated rings. The van der Waals surface area contributed by atoms with Crippen molar-refractivity contribution in [2.75, 3.05) is 7.11 Å². The van der Waals surface area contributed by atoms with Crippen LogP contribution in [0.3, 0.4) is 0 Å². The minimum Gasteiger partial charge on any atom is -0.497 e. The van der Waals surface area contributed by atoms with Gasteiger partial charge in [0.2, 0.25) is 0 Å². The van der Waals surface area contributed by atoms with E-state index in [0.29, 0.717) is 0 Å². The Morgan fingerprint density at radius 1 is 0.810 bits per heavy atom. The van der Waals surface area contributed by atoms with Gasteiger partial charge in [0.15, 0.2) is 0 Å². The van der Waals surface area contributed by atoms with Crippen molar-refractivity contribution in [3.05, 3.63) is 64.1 Å². The van der Waals surface area contributed by atoms with E-state index in [2.05, 4.69) is 66.2 Å². The maximum atomic E-state index is 5.25. The van der Waals surface area contributed by atoms with E-state index in [9.17, 15) is 0 Å². The van der Waals surface area contributed by atoms with Gasteiger partial charge in [-0.05, 0) is 59.4 Å². The second-order valence-corrected chi connectivity index (χ2v) is 5.82. The van der Waals surface area contributed by atoms with Crippen molar-refractivity contribution in [3.63, 3.8) is 0 Å². The van der Waals surface area contributed by atoms with Crippen molar-refractivity contribution >= 4 is 27.1 Å². The first-order valence-corrected chi connectivity index (χ1v) is 8.11. The maximum Gasteiger partial charge on any atom is 0.118 e. The Morgan fingerprint density at radius 2 is 1.24 bits per heavy atom. The van der Waals surface area contributed by atoms with Gasteiger partial charge in [-0.2, -0.15) is 0 Å². The van der Waals surface area contributed by atoms with Gasteiger partial charge in [0.25, 0.3) is 0 Å². The molecule has 0 bridgehead atoms. The molecule has 2 aromatic rings. The van der Waals surface area contributed by atoms with Crippen LogP contribution < -0.4 is 4.74 Å². The lowest BCUT2D eigenvalue weighted by molar-refractivity contribution is 0.415. The highest BCUT2D eigenvalue weighted by Gasteiger charge is 2.09. The van der Waals surface area contributed by atoms with Gasteiger partial charge in [-0.3, -0.25) is 0 Å². The van der Waals surface area contributed by atoms with Crippen LogP contribution >= 0.6 is 15.9 Å². The molecule has 0 N–H and O–H groups in total. The maximum absolute atomic E-state index is 5.25. The summed E-state index contributed by atoms with van der Waals surface area (Å²) in [7, 11) is 1.70. The van der Waals surface area contributed by atoms with Crippen molar-refractivity contribution in [2.45, 2.75) is 26.7 Å². The van der Waals surface area contributed by atoms with E-state index >= 15 is 0 Å². The summed E-state index contributed by atoms with van der Waals surface area (Å²) in [6.45, 7) is 4.44. The average molecular weight is 345 g/mol. The lowest BCUT2D eigenvalue weighted by Gasteiger charge is -2.14. The number of benzene rings is 2. The fourth-order valence-corrected chi connectivity index (χ4v) is 2.89. The molecule has 21 heavy (non-hydrogen) atoms. The van der Waals surface area contributed by atoms with Crippen molar-refractivity contribution in [1.82, 2.24) is 0 Å².